The highest BCUT2D eigenvalue weighted by Gasteiger charge is 2.17. The number of carbonyl (C=O) groups is 2. The lowest BCUT2D eigenvalue weighted by atomic mass is 10.1. The second-order valence-electron chi connectivity index (χ2n) is 4.62. The van der Waals surface area contributed by atoms with Crippen LogP contribution >= 0.6 is 0 Å². The Morgan fingerprint density at radius 2 is 2.05 bits per heavy atom. The zero-order chi connectivity index (χ0) is 15.7. The summed E-state index contributed by atoms with van der Waals surface area (Å²) >= 11 is 0. The molecule has 0 aliphatic heterocycles. The van der Waals surface area contributed by atoms with Crippen molar-refractivity contribution in [3.8, 4) is 0 Å². The molecule has 1 aromatic rings. The summed E-state index contributed by atoms with van der Waals surface area (Å²) in [5, 5.41) is 5.50. The molecule has 0 heterocycles. The third-order valence-electron chi connectivity index (χ3n) is 3.17. The van der Waals surface area contributed by atoms with Crippen LogP contribution < -0.4 is 16.4 Å². The molecule has 0 bridgehead atoms. The number of para-hydroxylation sites is 1. The fraction of sp³-hybridized carbons (Fsp3) is 0.467. The summed E-state index contributed by atoms with van der Waals surface area (Å²) in [6.07, 6.45) is 0.657. The molecule has 116 valence electrons. The molecular formula is C15H23N3O3. The molecule has 4 N–H and O–H groups in total. The molecule has 21 heavy (non-hydrogen) atoms. The summed E-state index contributed by atoms with van der Waals surface area (Å²) in [5.74, 6) is -0.671. The minimum absolute atomic E-state index is 0.169. The van der Waals surface area contributed by atoms with Crippen molar-refractivity contribution >= 4 is 17.5 Å². The van der Waals surface area contributed by atoms with E-state index >= 15 is 0 Å². The molecule has 0 fully saturated rings. The van der Waals surface area contributed by atoms with Crippen LogP contribution in [0.25, 0.3) is 0 Å². The van der Waals surface area contributed by atoms with E-state index in [0.717, 1.165) is 0 Å². The fourth-order valence-corrected chi connectivity index (χ4v) is 1.85. The normalized spacial score (nSPS) is 11.8. The van der Waals surface area contributed by atoms with E-state index in [4.69, 9.17) is 10.5 Å². The second-order valence-corrected chi connectivity index (χ2v) is 4.62. The SMILES string of the molecule is CCC(CN)C(=O)Nc1ccccc1C(=O)NCCOC. The number of ether oxygens (including phenoxy) is 1. The Morgan fingerprint density at radius 3 is 2.67 bits per heavy atom. The van der Waals surface area contributed by atoms with Gasteiger partial charge in [0, 0.05) is 20.2 Å². The van der Waals surface area contributed by atoms with Gasteiger partial charge in [0.15, 0.2) is 0 Å². The van der Waals surface area contributed by atoms with Crippen molar-refractivity contribution in [2.24, 2.45) is 11.7 Å². The number of nitrogens with one attached hydrogen (secondary N) is 2. The van der Waals surface area contributed by atoms with Crippen LogP contribution in [0.2, 0.25) is 0 Å². The van der Waals surface area contributed by atoms with E-state index in [-0.39, 0.29) is 24.3 Å². The number of amides is 2. The maximum Gasteiger partial charge on any atom is 0.253 e. The van der Waals surface area contributed by atoms with E-state index in [1.54, 1.807) is 31.4 Å². The Balaban J connectivity index is 2.79. The first-order valence-electron chi connectivity index (χ1n) is 7.01. The van der Waals surface area contributed by atoms with Gasteiger partial charge in [-0.25, -0.2) is 0 Å². The average molecular weight is 293 g/mol. The third kappa shape index (κ3) is 5.17. The number of hydrogen-bond donors (Lipinski definition) is 3. The van der Waals surface area contributed by atoms with E-state index in [2.05, 4.69) is 10.6 Å². The maximum atomic E-state index is 12.1. The quantitative estimate of drug-likeness (QED) is 0.623. The lowest BCUT2D eigenvalue weighted by Crippen LogP contribution is -2.31. The molecule has 2 amide bonds. The van der Waals surface area contributed by atoms with Crippen molar-refractivity contribution < 1.29 is 14.3 Å². The summed E-state index contributed by atoms with van der Waals surface area (Å²) in [4.78, 5) is 24.2. The van der Waals surface area contributed by atoms with Crippen molar-refractivity contribution in [2.45, 2.75) is 13.3 Å². The Hall–Kier alpha value is -1.92. The fourth-order valence-electron chi connectivity index (χ4n) is 1.85. The van der Waals surface area contributed by atoms with E-state index in [9.17, 15) is 9.59 Å². The third-order valence-corrected chi connectivity index (χ3v) is 3.17. The van der Waals surface area contributed by atoms with Crippen molar-refractivity contribution in [3.63, 3.8) is 0 Å². The Bertz CT molecular complexity index is 473. The predicted octanol–water partition coefficient (Wildman–Crippen LogP) is 0.986. The van der Waals surface area contributed by atoms with Crippen LogP contribution in [-0.4, -0.2) is 38.6 Å². The smallest absolute Gasteiger partial charge is 0.253 e. The van der Waals surface area contributed by atoms with Crippen molar-refractivity contribution in [1.29, 1.82) is 0 Å². The molecule has 1 unspecified atom stereocenters. The van der Waals surface area contributed by atoms with E-state index in [1.165, 1.54) is 0 Å². The molecule has 6 heteroatoms. The molecule has 0 saturated heterocycles. The summed E-state index contributed by atoms with van der Waals surface area (Å²) in [6.45, 7) is 3.04. The number of rotatable bonds is 8. The van der Waals surface area contributed by atoms with Crippen LogP contribution in [0, 0.1) is 5.92 Å². The van der Waals surface area contributed by atoms with Crippen LogP contribution in [0.4, 0.5) is 5.69 Å². The van der Waals surface area contributed by atoms with Gasteiger partial charge in [0.25, 0.3) is 5.91 Å². The summed E-state index contributed by atoms with van der Waals surface area (Å²) in [7, 11) is 1.57. The van der Waals surface area contributed by atoms with Gasteiger partial charge in [0.2, 0.25) is 5.91 Å². The summed E-state index contributed by atoms with van der Waals surface area (Å²) < 4.78 is 4.89. The number of nitrogens with two attached hydrogens (primary N) is 1. The zero-order valence-corrected chi connectivity index (χ0v) is 12.5. The molecule has 1 rings (SSSR count). The van der Waals surface area contributed by atoms with Gasteiger partial charge in [-0.3, -0.25) is 9.59 Å². The number of anilines is 1. The van der Waals surface area contributed by atoms with Crippen LogP contribution in [0.15, 0.2) is 24.3 Å². The topological polar surface area (TPSA) is 93.5 Å². The molecule has 0 aliphatic carbocycles. The van der Waals surface area contributed by atoms with Gasteiger partial charge < -0.3 is 21.1 Å². The molecule has 0 aromatic heterocycles. The highest BCUT2D eigenvalue weighted by Crippen LogP contribution is 2.16. The standard InChI is InChI=1S/C15H23N3O3/c1-3-11(10-16)14(19)18-13-7-5-4-6-12(13)15(20)17-8-9-21-2/h4-7,11H,3,8-10,16H2,1-2H3,(H,17,20)(H,18,19). The first kappa shape index (κ1) is 17.1. The number of hydrogen-bond acceptors (Lipinski definition) is 4. The zero-order valence-electron chi connectivity index (χ0n) is 12.5. The van der Waals surface area contributed by atoms with Crippen LogP contribution in [0.3, 0.4) is 0 Å². The summed E-state index contributed by atoms with van der Waals surface area (Å²) in [5.41, 5.74) is 6.48. The molecular weight excluding hydrogens is 270 g/mol. The molecule has 1 aromatic carbocycles. The Labute approximate surface area is 125 Å². The molecule has 0 saturated carbocycles. The highest BCUT2D eigenvalue weighted by molar-refractivity contribution is 6.04. The molecule has 6 nitrogen and oxygen atoms in total. The van der Waals surface area contributed by atoms with Gasteiger partial charge in [0.05, 0.1) is 23.8 Å². The van der Waals surface area contributed by atoms with Gasteiger partial charge in [-0.1, -0.05) is 19.1 Å². The van der Waals surface area contributed by atoms with Crippen molar-refractivity contribution in [1.82, 2.24) is 5.32 Å². The number of carbonyl (C=O) groups excluding carboxylic acids is 2. The van der Waals surface area contributed by atoms with E-state index < -0.39 is 0 Å². The minimum Gasteiger partial charge on any atom is -0.383 e. The maximum absolute atomic E-state index is 12.1. The molecule has 0 radical (unpaired) electrons. The molecule has 0 aliphatic rings. The molecule has 0 spiro atoms. The van der Waals surface area contributed by atoms with E-state index in [1.807, 2.05) is 6.92 Å². The predicted molar refractivity (Wildman–Crippen MR) is 82.1 cm³/mol. The molecule has 1 atom stereocenters. The van der Waals surface area contributed by atoms with Gasteiger partial charge in [-0.15, -0.1) is 0 Å². The van der Waals surface area contributed by atoms with Crippen LogP contribution in [0.5, 0.6) is 0 Å². The second kappa shape index (κ2) is 9.10. The number of methoxy groups -OCH3 is 1. The monoisotopic (exact) mass is 293 g/mol. The Kier molecular flexibility index (Phi) is 7.42. The Morgan fingerprint density at radius 1 is 1.33 bits per heavy atom. The lowest BCUT2D eigenvalue weighted by molar-refractivity contribution is -0.119. The minimum atomic E-state index is -0.255. The van der Waals surface area contributed by atoms with Crippen LogP contribution in [0.1, 0.15) is 23.7 Å². The first-order valence-corrected chi connectivity index (χ1v) is 7.01. The number of benzene rings is 1. The summed E-state index contributed by atoms with van der Waals surface area (Å²) in [6, 6.07) is 6.89. The van der Waals surface area contributed by atoms with Crippen molar-refractivity contribution in [3.05, 3.63) is 29.8 Å². The van der Waals surface area contributed by atoms with Gasteiger partial charge >= 0.3 is 0 Å². The largest absolute Gasteiger partial charge is 0.383 e. The van der Waals surface area contributed by atoms with Gasteiger partial charge in [0.1, 0.15) is 0 Å². The van der Waals surface area contributed by atoms with Gasteiger partial charge in [-0.2, -0.15) is 0 Å². The average Bonchev–Trinajstić information content (AvgIpc) is 2.49. The lowest BCUT2D eigenvalue weighted by Gasteiger charge is -2.15. The first-order chi connectivity index (χ1) is 10.1. The van der Waals surface area contributed by atoms with Crippen LogP contribution in [-0.2, 0) is 9.53 Å². The van der Waals surface area contributed by atoms with Crippen molar-refractivity contribution in [2.75, 3.05) is 32.1 Å². The highest BCUT2D eigenvalue weighted by atomic mass is 16.5. The van der Waals surface area contributed by atoms with E-state index in [0.29, 0.717) is 30.8 Å². The van der Waals surface area contributed by atoms with Gasteiger partial charge in [-0.05, 0) is 18.6 Å².